The summed E-state index contributed by atoms with van der Waals surface area (Å²) in [5.74, 6) is 3.00. The number of aryl methyl sites for hydroxylation is 1. The van der Waals surface area contributed by atoms with Crippen molar-refractivity contribution in [2.45, 2.75) is 34.1 Å². The van der Waals surface area contributed by atoms with Crippen molar-refractivity contribution in [3.63, 3.8) is 0 Å². The van der Waals surface area contributed by atoms with Crippen LogP contribution in [0.3, 0.4) is 0 Å². The molecule has 5 heteroatoms. The van der Waals surface area contributed by atoms with Crippen LogP contribution < -0.4 is 18.9 Å². The molecule has 0 bridgehead atoms. The van der Waals surface area contributed by atoms with Gasteiger partial charge in [-0.15, -0.1) is 0 Å². The Labute approximate surface area is 172 Å². The summed E-state index contributed by atoms with van der Waals surface area (Å²) in [4.78, 5) is 4.81. The number of methoxy groups -OCH3 is 1. The Morgan fingerprint density at radius 3 is 2.07 bits per heavy atom. The van der Waals surface area contributed by atoms with E-state index in [4.69, 9.17) is 23.9 Å². The molecule has 3 aromatic rings. The number of ether oxygens (including phenoxy) is 4. The van der Waals surface area contributed by atoms with Crippen molar-refractivity contribution < 1.29 is 18.9 Å². The van der Waals surface area contributed by atoms with Crippen LogP contribution in [-0.4, -0.2) is 31.9 Å². The molecule has 29 heavy (non-hydrogen) atoms. The first kappa shape index (κ1) is 20.8. The van der Waals surface area contributed by atoms with Crippen LogP contribution in [0.15, 0.2) is 36.4 Å². The number of pyridine rings is 1. The molecular weight excluding hydrogens is 366 g/mol. The predicted octanol–water partition coefficient (Wildman–Crippen LogP) is 5.34. The summed E-state index contributed by atoms with van der Waals surface area (Å²) in [5.41, 5.74) is 3.08. The number of hydrogen-bond donors (Lipinski definition) is 0. The molecule has 0 atom stereocenters. The highest BCUT2D eigenvalue weighted by Crippen LogP contribution is 2.35. The molecule has 0 amide bonds. The van der Waals surface area contributed by atoms with Gasteiger partial charge in [-0.2, -0.15) is 0 Å². The molecule has 0 unspecified atom stereocenters. The molecular formula is C24H29NO4. The topological polar surface area (TPSA) is 49.8 Å². The molecule has 1 aromatic heterocycles. The van der Waals surface area contributed by atoms with Gasteiger partial charge in [-0.05, 0) is 69.0 Å². The summed E-state index contributed by atoms with van der Waals surface area (Å²) in [6.07, 6.45) is 0.682. The average molecular weight is 395 g/mol. The molecule has 0 saturated carbocycles. The van der Waals surface area contributed by atoms with E-state index in [9.17, 15) is 0 Å². The number of nitrogens with zero attached hydrogens (tertiary/aromatic N) is 1. The second-order valence-electron chi connectivity index (χ2n) is 6.69. The Bertz CT molecular complexity index is 984. The molecule has 0 radical (unpaired) electrons. The molecule has 0 aliphatic carbocycles. The van der Waals surface area contributed by atoms with E-state index in [0.29, 0.717) is 32.0 Å². The first-order valence-corrected chi connectivity index (χ1v) is 10.1. The Hall–Kier alpha value is -2.95. The maximum absolute atomic E-state index is 5.78. The quantitative estimate of drug-likeness (QED) is 0.489. The average Bonchev–Trinajstić information content (AvgIpc) is 2.70. The maximum atomic E-state index is 5.78. The molecule has 3 rings (SSSR count). The normalized spacial score (nSPS) is 10.8. The van der Waals surface area contributed by atoms with Gasteiger partial charge in [0.05, 0.1) is 32.6 Å². The highest BCUT2D eigenvalue weighted by molar-refractivity contribution is 5.88. The van der Waals surface area contributed by atoms with Crippen LogP contribution in [0.5, 0.6) is 23.0 Å². The summed E-state index contributed by atoms with van der Waals surface area (Å²) < 4.78 is 22.7. The summed E-state index contributed by atoms with van der Waals surface area (Å²) >= 11 is 0. The van der Waals surface area contributed by atoms with Crippen molar-refractivity contribution in [1.29, 1.82) is 0 Å². The lowest BCUT2D eigenvalue weighted by Gasteiger charge is -2.15. The van der Waals surface area contributed by atoms with Crippen LogP contribution in [0.2, 0.25) is 0 Å². The minimum absolute atomic E-state index is 0.588. The van der Waals surface area contributed by atoms with Gasteiger partial charge in [0, 0.05) is 17.5 Å². The van der Waals surface area contributed by atoms with Crippen LogP contribution in [0, 0.1) is 6.92 Å². The molecule has 0 N–H and O–H groups in total. The van der Waals surface area contributed by atoms with E-state index in [0.717, 1.165) is 45.0 Å². The van der Waals surface area contributed by atoms with Gasteiger partial charge in [-0.25, -0.2) is 0 Å². The second-order valence-corrected chi connectivity index (χ2v) is 6.69. The van der Waals surface area contributed by atoms with Crippen molar-refractivity contribution in [2.75, 3.05) is 26.9 Å². The van der Waals surface area contributed by atoms with E-state index in [2.05, 4.69) is 12.1 Å². The molecule has 0 fully saturated rings. The molecule has 154 valence electrons. The number of aromatic nitrogens is 1. The lowest BCUT2D eigenvalue weighted by Crippen LogP contribution is -2.01. The lowest BCUT2D eigenvalue weighted by molar-refractivity contribution is 0.287. The van der Waals surface area contributed by atoms with E-state index >= 15 is 0 Å². The summed E-state index contributed by atoms with van der Waals surface area (Å²) in [7, 11) is 1.66. The number of benzene rings is 2. The molecule has 0 saturated heterocycles. The van der Waals surface area contributed by atoms with Crippen LogP contribution in [-0.2, 0) is 6.42 Å². The first-order valence-electron chi connectivity index (χ1n) is 10.1. The van der Waals surface area contributed by atoms with E-state index in [1.54, 1.807) is 7.11 Å². The molecule has 5 nitrogen and oxygen atoms in total. The van der Waals surface area contributed by atoms with E-state index in [1.807, 2.05) is 52.0 Å². The Morgan fingerprint density at radius 1 is 0.759 bits per heavy atom. The Kier molecular flexibility index (Phi) is 6.81. The third-order valence-corrected chi connectivity index (χ3v) is 4.60. The molecule has 2 aromatic carbocycles. The zero-order chi connectivity index (χ0) is 20.8. The third kappa shape index (κ3) is 4.73. The zero-order valence-corrected chi connectivity index (χ0v) is 17.9. The number of fused-ring (bicyclic) bond motifs is 1. The van der Waals surface area contributed by atoms with Gasteiger partial charge in [-0.1, -0.05) is 6.07 Å². The summed E-state index contributed by atoms with van der Waals surface area (Å²) in [5, 5.41) is 2.15. The van der Waals surface area contributed by atoms with Crippen LogP contribution in [0.4, 0.5) is 0 Å². The summed E-state index contributed by atoms with van der Waals surface area (Å²) in [6.45, 7) is 9.70. The van der Waals surface area contributed by atoms with Crippen molar-refractivity contribution in [2.24, 2.45) is 0 Å². The fourth-order valence-corrected chi connectivity index (χ4v) is 3.44. The van der Waals surface area contributed by atoms with Crippen molar-refractivity contribution in [3.8, 4) is 23.0 Å². The van der Waals surface area contributed by atoms with E-state index in [-0.39, 0.29) is 0 Å². The minimum atomic E-state index is 0.588. The lowest BCUT2D eigenvalue weighted by atomic mass is 10.0. The standard InChI is InChI=1S/C24H29NO4/c1-6-27-21-10-9-17(13-23(21)28-7-2)12-20-19-15-22(26-5)24(29-8-3)14-18(19)11-16(4)25-20/h9-11,13-15H,6-8,12H2,1-5H3. The zero-order valence-electron chi connectivity index (χ0n) is 17.9. The molecule has 0 spiro atoms. The van der Waals surface area contributed by atoms with Gasteiger partial charge in [-0.3, -0.25) is 4.98 Å². The molecule has 1 heterocycles. The predicted molar refractivity (Wildman–Crippen MR) is 116 cm³/mol. The van der Waals surface area contributed by atoms with Crippen molar-refractivity contribution >= 4 is 10.8 Å². The van der Waals surface area contributed by atoms with Crippen LogP contribution in [0.25, 0.3) is 10.8 Å². The smallest absolute Gasteiger partial charge is 0.161 e. The van der Waals surface area contributed by atoms with Gasteiger partial charge in [0.2, 0.25) is 0 Å². The van der Waals surface area contributed by atoms with Crippen molar-refractivity contribution in [1.82, 2.24) is 4.98 Å². The van der Waals surface area contributed by atoms with Gasteiger partial charge in [0.1, 0.15) is 0 Å². The fraction of sp³-hybridized carbons (Fsp3) is 0.375. The minimum Gasteiger partial charge on any atom is -0.493 e. The first-order chi connectivity index (χ1) is 14.1. The second kappa shape index (κ2) is 9.50. The van der Waals surface area contributed by atoms with Gasteiger partial charge >= 0.3 is 0 Å². The van der Waals surface area contributed by atoms with Crippen LogP contribution in [0.1, 0.15) is 37.7 Å². The Balaban J connectivity index is 2.04. The molecule has 0 aliphatic heterocycles. The highest BCUT2D eigenvalue weighted by atomic mass is 16.5. The maximum Gasteiger partial charge on any atom is 0.161 e. The Morgan fingerprint density at radius 2 is 1.41 bits per heavy atom. The SMILES string of the molecule is CCOc1cc2cc(C)nc(Cc3ccc(OCC)c(OCC)c3)c2cc1OC. The largest absolute Gasteiger partial charge is 0.493 e. The third-order valence-electron chi connectivity index (χ3n) is 4.60. The van der Waals surface area contributed by atoms with Crippen molar-refractivity contribution in [3.05, 3.63) is 53.3 Å². The van der Waals surface area contributed by atoms with Gasteiger partial charge < -0.3 is 18.9 Å². The van der Waals surface area contributed by atoms with Gasteiger partial charge in [0.15, 0.2) is 23.0 Å². The monoisotopic (exact) mass is 395 g/mol. The van der Waals surface area contributed by atoms with E-state index < -0.39 is 0 Å². The molecule has 0 aliphatic rings. The summed E-state index contributed by atoms with van der Waals surface area (Å²) in [6, 6.07) is 12.2. The van der Waals surface area contributed by atoms with E-state index in [1.165, 1.54) is 0 Å². The highest BCUT2D eigenvalue weighted by Gasteiger charge is 2.13. The number of rotatable bonds is 9. The fourth-order valence-electron chi connectivity index (χ4n) is 3.44. The van der Waals surface area contributed by atoms with Gasteiger partial charge in [0.25, 0.3) is 0 Å². The van der Waals surface area contributed by atoms with Crippen LogP contribution >= 0.6 is 0 Å². The number of hydrogen-bond acceptors (Lipinski definition) is 5.